The van der Waals surface area contributed by atoms with E-state index in [0.717, 1.165) is 22.3 Å². The van der Waals surface area contributed by atoms with Gasteiger partial charge in [0.05, 0.1) is 5.41 Å². The molecule has 1 spiro atoms. The van der Waals surface area contributed by atoms with Crippen molar-refractivity contribution in [3.63, 3.8) is 0 Å². The van der Waals surface area contributed by atoms with Gasteiger partial charge in [0.25, 0.3) is 0 Å². The molecular weight excluding hydrogens is 689 g/mol. The highest BCUT2D eigenvalue weighted by molar-refractivity contribution is 5.96. The number of fused-ring (bicyclic) bond motifs is 10. The Balaban J connectivity index is 0.00000410. The van der Waals surface area contributed by atoms with E-state index in [9.17, 15) is 0 Å². The summed E-state index contributed by atoms with van der Waals surface area (Å²) in [6.07, 6.45) is 0. The van der Waals surface area contributed by atoms with Crippen molar-refractivity contribution in [2.45, 2.75) is 65.2 Å². The quantitative estimate of drug-likeness (QED) is 0.179. The van der Waals surface area contributed by atoms with E-state index in [-0.39, 0.29) is 18.3 Å². The Morgan fingerprint density at radius 2 is 0.696 bits per heavy atom. The normalized spacial score (nSPS) is 13.5. The molecule has 0 saturated carbocycles. The molecule has 2 aliphatic carbocycles. The van der Waals surface area contributed by atoms with E-state index in [2.05, 4.69) is 195 Å². The van der Waals surface area contributed by atoms with Crippen molar-refractivity contribution in [3.8, 4) is 68.1 Å². The second-order valence-corrected chi connectivity index (χ2v) is 16.8. The molecule has 0 saturated heterocycles. The summed E-state index contributed by atoms with van der Waals surface area (Å²) >= 11 is 0. The molecule has 0 aliphatic heterocycles. The third kappa shape index (κ3) is 5.30. The first-order chi connectivity index (χ1) is 26.5. The average molecular weight is 733 g/mol. The lowest BCUT2D eigenvalue weighted by molar-refractivity contribution is 0.581. The zero-order valence-corrected chi connectivity index (χ0v) is 31.8. The van der Waals surface area contributed by atoms with Crippen LogP contribution in [0.5, 0.6) is 0 Å². The van der Waals surface area contributed by atoms with Crippen LogP contribution in [0.15, 0.2) is 142 Å². The summed E-state index contributed by atoms with van der Waals surface area (Å²) in [5, 5.41) is 18.1. The number of hydrogen-bond acceptors (Lipinski definition) is 6. The molecule has 0 bridgehead atoms. The molecule has 0 fully saturated rings. The van der Waals surface area contributed by atoms with E-state index in [4.69, 9.17) is 8.83 Å². The van der Waals surface area contributed by atoms with Crippen LogP contribution in [0.4, 0.5) is 0 Å². The molecule has 0 amide bonds. The summed E-state index contributed by atoms with van der Waals surface area (Å²) in [5.41, 5.74) is 15.2. The predicted octanol–water partition coefficient (Wildman–Crippen LogP) is 12.7. The van der Waals surface area contributed by atoms with Gasteiger partial charge in [0.2, 0.25) is 23.6 Å². The van der Waals surface area contributed by atoms with Crippen molar-refractivity contribution >= 4 is 0 Å². The molecule has 10 rings (SSSR count). The van der Waals surface area contributed by atoms with E-state index >= 15 is 0 Å². The Morgan fingerprint density at radius 3 is 1.07 bits per heavy atom. The molecular formula is C50H44N4O2. The van der Waals surface area contributed by atoms with Gasteiger partial charge in [0.15, 0.2) is 0 Å². The van der Waals surface area contributed by atoms with Gasteiger partial charge < -0.3 is 8.83 Å². The van der Waals surface area contributed by atoms with Crippen LogP contribution >= 0.6 is 0 Å². The van der Waals surface area contributed by atoms with E-state index in [1.54, 1.807) is 0 Å². The molecule has 0 unspecified atom stereocenters. The summed E-state index contributed by atoms with van der Waals surface area (Å²) in [6.45, 7) is 13.3. The second kappa shape index (κ2) is 12.6. The molecule has 6 nitrogen and oxygen atoms in total. The van der Waals surface area contributed by atoms with Gasteiger partial charge in [0, 0.05) is 22.3 Å². The minimum absolute atomic E-state index is 0. The van der Waals surface area contributed by atoms with E-state index in [1.165, 1.54) is 55.6 Å². The van der Waals surface area contributed by atoms with Gasteiger partial charge in [-0.3, -0.25) is 0 Å². The zero-order chi connectivity index (χ0) is 37.7. The van der Waals surface area contributed by atoms with E-state index in [1.807, 2.05) is 0 Å². The third-order valence-corrected chi connectivity index (χ3v) is 11.4. The first kappa shape index (κ1) is 35.3. The van der Waals surface area contributed by atoms with Gasteiger partial charge >= 0.3 is 0 Å². The lowest BCUT2D eigenvalue weighted by Gasteiger charge is -2.30. The van der Waals surface area contributed by atoms with Gasteiger partial charge in [-0.15, -0.1) is 20.4 Å². The lowest BCUT2D eigenvalue weighted by atomic mass is 9.70. The molecule has 2 aliphatic rings. The van der Waals surface area contributed by atoms with Gasteiger partial charge in [-0.05, 0) is 115 Å². The summed E-state index contributed by atoms with van der Waals surface area (Å²) < 4.78 is 12.8. The maximum Gasteiger partial charge on any atom is 0.248 e. The molecule has 0 radical (unpaired) electrons. The van der Waals surface area contributed by atoms with E-state index in [0.29, 0.717) is 23.6 Å². The van der Waals surface area contributed by atoms with Crippen LogP contribution in [-0.4, -0.2) is 20.4 Å². The van der Waals surface area contributed by atoms with Crippen LogP contribution in [-0.2, 0) is 16.2 Å². The second-order valence-electron chi connectivity index (χ2n) is 16.8. The summed E-state index contributed by atoms with van der Waals surface area (Å²) in [5.74, 6) is 1.97. The minimum atomic E-state index is -0.596. The summed E-state index contributed by atoms with van der Waals surface area (Å²) in [7, 11) is 0. The number of aromatic nitrogens is 4. The van der Waals surface area contributed by atoms with Gasteiger partial charge in [-0.25, -0.2) is 0 Å². The van der Waals surface area contributed by atoms with Crippen molar-refractivity contribution in [2.24, 2.45) is 0 Å². The molecule has 0 atom stereocenters. The first-order valence-corrected chi connectivity index (χ1v) is 18.9. The molecule has 2 heterocycles. The third-order valence-electron chi connectivity index (χ3n) is 11.4. The van der Waals surface area contributed by atoms with Crippen molar-refractivity contribution in [3.05, 3.63) is 167 Å². The maximum atomic E-state index is 6.40. The van der Waals surface area contributed by atoms with Crippen LogP contribution in [0.3, 0.4) is 0 Å². The smallest absolute Gasteiger partial charge is 0.248 e. The number of rotatable bonds is 4. The van der Waals surface area contributed by atoms with Crippen LogP contribution in [0, 0.1) is 0 Å². The number of nitrogens with zero attached hydrogens (tertiary/aromatic N) is 4. The van der Waals surface area contributed by atoms with Crippen LogP contribution in [0.25, 0.3) is 68.1 Å². The summed E-state index contributed by atoms with van der Waals surface area (Å²) in [6, 6.07) is 47.4. The fourth-order valence-corrected chi connectivity index (χ4v) is 8.54. The first-order valence-electron chi connectivity index (χ1n) is 18.9. The topological polar surface area (TPSA) is 77.8 Å². The molecule has 6 aromatic carbocycles. The SMILES string of the molecule is C.CC(C)(C)c1ccc(-c2nnc(-c3ccc4c(c3)C3(c5ccccc5-4)c4ccccc4-c4ccc(-c5nnc(-c6ccc(C(C)(C)C)cc6)o5)cc43)o2)cc1. The molecule has 0 N–H and O–H groups in total. The fraction of sp³-hybridized carbons (Fsp3) is 0.200. The average Bonchev–Trinajstić information content (AvgIpc) is 3.99. The predicted molar refractivity (Wildman–Crippen MR) is 224 cm³/mol. The standard InChI is InChI=1S/C49H40N4O2.CH4/c1-47(2,3)33-21-15-29(16-22-33)43-50-52-45(54-43)31-19-25-37-35-11-7-9-13-39(35)49(41(37)27-31)40-14-10-8-12-36(40)38-26-20-32(28-42(38)49)46-53-51-44(55-46)30-17-23-34(24-18-30)48(4,5)6;/h7-28H,1-6H3;1H4. The van der Waals surface area contributed by atoms with Crippen molar-refractivity contribution in [2.75, 3.05) is 0 Å². The zero-order valence-electron chi connectivity index (χ0n) is 31.8. The van der Waals surface area contributed by atoms with Crippen LogP contribution < -0.4 is 0 Å². The fourth-order valence-electron chi connectivity index (χ4n) is 8.54. The van der Waals surface area contributed by atoms with Crippen LogP contribution in [0.1, 0.15) is 82.3 Å². The Labute approximate surface area is 328 Å². The summed E-state index contributed by atoms with van der Waals surface area (Å²) in [4.78, 5) is 0. The Hall–Kier alpha value is -6.40. The largest absolute Gasteiger partial charge is 0.416 e. The highest BCUT2D eigenvalue weighted by Gasteiger charge is 2.52. The Morgan fingerprint density at radius 1 is 0.375 bits per heavy atom. The van der Waals surface area contributed by atoms with E-state index < -0.39 is 5.41 Å². The highest BCUT2D eigenvalue weighted by Crippen LogP contribution is 2.63. The molecule has 276 valence electrons. The number of hydrogen-bond donors (Lipinski definition) is 0. The highest BCUT2D eigenvalue weighted by atomic mass is 16.4. The van der Waals surface area contributed by atoms with Gasteiger partial charge in [-0.2, -0.15) is 0 Å². The number of benzene rings is 6. The van der Waals surface area contributed by atoms with Gasteiger partial charge in [0.1, 0.15) is 0 Å². The van der Waals surface area contributed by atoms with Crippen molar-refractivity contribution in [1.82, 2.24) is 20.4 Å². The maximum absolute atomic E-state index is 6.40. The Kier molecular flexibility index (Phi) is 7.93. The minimum Gasteiger partial charge on any atom is -0.416 e. The van der Waals surface area contributed by atoms with Gasteiger partial charge in [-0.1, -0.05) is 134 Å². The Bertz CT molecular complexity index is 2580. The molecule has 2 aromatic heterocycles. The molecule has 6 heteroatoms. The van der Waals surface area contributed by atoms with Crippen LogP contribution in [0.2, 0.25) is 0 Å². The molecule has 56 heavy (non-hydrogen) atoms. The monoisotopic (exact) mass is 732 g/mol. The molecule has 8 aromatic rings. The van der Waals surface area contributed by atoms with Crippen molar-refractivity contribution < 1.29 is 8.83 Å². The lowest BCUT2D eigenvalue weighted by Crippen LogP contribution is -2.26. The van der Waals surface area contributed by atoms with Crippen molar-refractivity contribution in [1.29, 1.82) is 0 Å².